The largest absolute Gasteiger partial charge is 0.368 e. The Labute approximate surface area is 129 Å². The monoisotopic (exact) mass is 316 g/mol. The Hall–Kier alpha value is -2.25. The summed E-state index contributed by atoms with van der Waals surface area (Å²) in [5.41, 5.74) is 8.04. The Morgan fingerprint density at radius 1 is 1.23 bits per heavy atom. The van der Waals surface area contributed by atoms with Gasteiger partial charge in [-0.25, -0.2) is 18.4 Å². The number of fused-ring (bicyclic) bond motifs is 1. The van der Waals surface area contributed by atoms with Crippen LogP contribution in [0.3, 0.4) is 0 Å². The highest BCUT2D eigenvalue weighted by atomic mass is 32.2. The van der Waals surface area contributed by atoms with Crippen molar-refractivity contribution in [2.75, 3.05) is 12.3 Å². The summed E-state index contributed by atoms with van der Waals surface area (Å²) < 4.78 is 26.2. The van der Waals surface area contributed by atoms with E-state index in [9.17, 15) is 8.42 Å². The van der Waals surface area contributed by atoms with Crippen LogP contribution in [0.2, 0.25) is 0 Å². The molecule has 2 heterocycles. The van der Waals surface area contributed by atoms with Crippen molar-refractivity contribution in [1.82, 2.24) is 14.3 Å². The first-order valence-corrected chi connectivity index (χ1v) is 8.38. The maximum atomic E-state index is 12.4. The molecule has 1 aliphatic rings. The summed E-state index contributed by atoms with van der Waals surface area (Å²) in [4.78, 5) is 8.07. The number of anilines is 1. The van der Waals surface area contributed by atoms with E-state index in [1.54, 1.807) is 12.3 Å². The molecular formula is C15H16N4O2S. The van der Waals surface area contributed by atoms with Gasteiger partial charge in [-0.05, 0) is 23.6 Å². The topological polar surface area (TPSA) is 89.2 Å². The highest BCUT2D eigenvalue weighted by Gasteiger charge is 2.26. The number of rotatable bonds is 3. The first kappa shape index (κ1) is 14.7. The Bertz CT molecular complexity index is 804. The van der Waals surface area contributed by atoms with Gasteiger partial charge in [-0.2, -0.15) is 4.31 Å². The maximum absolute atomic E-state index is 12.4. The zero-order valence-corrected chi connectivity index (χ0v) is 12.7. The Kier molecular flexibility index (Phi) is 3.91. The molecule has 0 fully saturated rings. The third-order valence-electron chi connectivity index (χ3n) is 3.52. The van der Waals surface area contributed by atoms with E-state index in [0.717, 1.165) is 11.1 Å². The minimum absolute atomic E-state index is 0.165. The average Bonchev–Trinajstić information content (AvgIpc) is 2.53. The van der Waals surface area contributed by atoms with Crippen molar-refractivity contribution in [3.63, 3.8) is 0 Å². The molecule has 22 heavy (non-hydrogen) atoms. The van der Waals surface area contributed by atoms with E-state index < -0.39 is 10.0 Å². The first-order chi connectivity index (χ1) is 10.5. The summed E-state index contributed by atoms with van der Waals surface area (Å²) >= 11 is 0. The Balaban J connectivity index is 1.81. The number of hydrogen-bond donors (Lipinski definition) is 1. The fraction of sp³-hybridized carbons (Fsp3) is 0.200. The summed E-state index contributed by atoms with van der Waals surface area (Å²) in [6, 6.07) is 9.32. The number of nitrogens with two attached hydrogens (primary N) is 1. The van der Waals surface area contributed by atoms with Crippen molar-refractivity contribution < 1.29 is 8.42 Å². The second-order valence-electron chi connectivity index (χ2n) is 5.04. The van der Waals surface area contributed by atoms with Crippen LogP contribution in [-0.4, -0.2) is 29.2 Å². The van der Waals surface area contributed by atoms with E-state index in [1.165, 1.54) is 9.71 Å². The minimum atomic E-state index is -3.49. The van der Waals surface area contributed by atoms with Crippen LogP contribution in [0.5, 0.6) is 0 Å². The zero-order valence-electron chi connectivity index (χ0n) is 11.9. The van der Waals surface area contributed by atoms with Crippen LogP contribution in [-0.2, 0) is 23.0 Å². The number of aromatic nitrogens is 2. The lowest BCUT2D eigenvalue weighted by Gasteiger charge is -2.25. The number of sulfonamides is 1. The second kappa shape index (κ2) is 5.86. The molecule has 7 heteroatoms. The molecule has 2 N–H and O–H groups in total. The molecule has 0 bridgehead atoms. The van der Waals surface area contributed by atoms with Crippen molar-refractivity contribution in [2.45, 2.75) is 13.0 Å². The lowest BCUT2D eigenvalue weighted by Crippen LogP contribution is -2.35. The maximum Gasteiger partial charge on any atom is 0.236 e. The number of nitrogen functional groups attached to an aromatic ring is 1. The van der Waals surface area contributed by atoms with Gasteiger partial charge in [0.15, 0.2) is 0 Å². The highest BCUT2D eigenvalue weighted by Crippen LogP contribution is 2.20. The van der Waals surface area contributed by atoms with Crippen LogP contribution in [0.25, 0.3) is 6.08 Å². The third kappa shape index (κ3) is 3.15. The van der Waals surface area contributed by atoms with E-state index in [1.807, 2.05) is 30.3 Å². The fourth-order valence-electron chi connectivity index (χ4n) is 2.33. The van der Waals surface area contributed by atoms with Gasteiger partial charge in [-0.1, -0.05) is 30.3 Å². The predicted octanol–water partition coefficient (Wildman–Crippen LogP) is 1.42. The Morgan fingerprint density at radius 2 is 2.00 bits per heavy atom. The van der Waals surface area contributed by atoms with E-state index in [-0.39, 0.29) is 12.5 Å². The molecule has 2 aromatic rings. The molecule has 1 aromatic carbocycles. The number of hydrogen-bond acceptors (Lipinski definition) is 5. The quantitative estimate of drug-likeness (QED) is 0.925. The highest BCUT2D eigenvalue weighted by molar-refractivity contribution is 7.92. The van der Waals surface area contributed by atoms with Gasteiger partial charge in [0.1, 0.15) is 0 Å². The molecule has 6 nitrogen and oxygen atoms in total. The second-order valence-corrected chi connectivity index (χ2v) is 6.86. The minimum Gasteiger partial charge on any atom is -0.368 e. The number of nitrogens with zero attached hydrogens (tertiary/aromatic N) is 3. The van der Waals surface area contributed by atoms with Crippen molar-refractivity contribution in [1.29, 1.82) is 0 Å². The molecule has 0 spiro atoms. The van der Waals surface area contributed by atoms with Crippen molar-refractivity contribution in [2.24, 2.45) is 0 Å². The van der Waals surface area contributed by atoms with Gasteiger partial charge in [0.2, 0.25) is 16.0 Å². The molecule has 0 radical (unpaired) electrons. The van der Waals surface area contributed by atoms with Crippen LogP contribution in [0, 0.1) is 0 Å². The van der Waals surface area contributed by atoms with E-state index in [4.69, 9.17) is 5.73 Å². The lowest BCUT2D eigenvalue weighted by molar-refractivity contribution is 0.390. The molecule has 0 atom stereocenters. The number of benzene rings is 1. The first-order valence-electron chi connectivity index (χ1n) is 6.88. The molecule has 0 unspecified atom stereocenters. The van der Waals surface area contributed by atoms with Crippen LogP contribution in [0.1, 0.15) is 16.8 Å². The lowest BCUT2D eigenvalue weighted by atomic mass is 10.1. The van der Waals surface area contributed by atoms with Gasteiger partial charge in [0.25, 0.3) is 0 Å². The smallest absolute Gasteiger partial charge is 0.236 e. The molecule has 1 aliphatic heterocycles. The van der Waals surface area contributed by atoms with Crippen molar-refractivity contribution in [3.05, 3.63) is 58.8 Å². The summed E-state index contributed by atoms with van der Waals surface area (Å²) in [5, 5.41) is 1.23. The standard InChI is InChI=1S/C15H16N4O2S/c16-15-17-10-13-6-8-19(11-14(13)18-15)22(20,21)9-7-12-4-2-1-3-5-12/h1-5,7,9-10H,6,8,11H2,(H2,16,17,18). The van der Waals surface area contributed by atoms with Gasteiger partial charge < -0.3 is 5.73 Å². The summed E-state index contributed by atoms with van der Waals surface area (Å²) in [6.07, 6.45) is 3.86. The molecule has 3 rings (SSSR count). The molecule has 114 valence electrons. The molecular weight excluding hydrogens is 300 g/mol. The predicted molar refractivity (Wildman–Crippen MR) is 85.0 cm³/mol. The molecule has 0 saturated carbocycles. The summed E-state index contributed by atoms with van der Waals surface area (Å²) in [6.45, 7) is 0.644. The fourth-order valence-corrected chi connectivity index (χ4v) is 3.48. The molecule has 0 saturated heterocycles. The average molecular weight is 316 g/mol. The van der Waals surface area contributed by atoms with Crippen molar-refractivity contribution in [3.8, 4) is 0 Å². The zero-order chi connectivity index (χ0) is 15.6. The van der Waals surface area contributed by atoms with Crippen LogP contribution < -0.4 is 5.73 Å². The van der Waals surface area contributed by atoms with Gasteiger partial charge >= 0.3 is 0 Å². The van der Waals surface area contributed by atoms with E-state index in [2.05, 4.69) is 9.97 Å². The van der Waals surface area contributed by atoms with Gasteiger partial charge in [-0.15, -0.1) is 0 Å². The Morgan fingerprint density at radius 3 is 2.77 bits per heavy atom. The summed E-state index contributed by atoms with van der Waals surface area (Å²) in [7, 11) is -3.49. The van der Waals surface area contributed by atoms with Crippen LogP contribution in [0.15, 0.2) is 41.9 Å². The third-order valence-corrected chi connectivity index (χ3v) is 5.03. The van der Waals surface area contributed by atoms with Gasteiger partial charge in [-0.3, -0.25) is 0 Å². The molecule has 1 aromatic heterocycles. The van der Waals surface area contributed by atoms with Crippen LogP contribution >= 0.6 is 0 Å². The van der Waals surface area contributed by atoms with Crippen molar-refractivity contribution >= 4 is 22.0 Å². The van der Waals surface area contributed by atoms with E-state index >= 15 is 0 Å². The van der Waals surface area contributed by atoms with E-state index in [0.29, 0.717) is 18.7 Å². The normalized spacial score (nSPS) is 15.8. The molecule has 0 aliphatic carbocycles. The van der Waals surface area contributed by atoms with Crippen LogP contribution in [0.4, 0.5) is 5.95 Å². The summed E-state index contributed by atoms with van der Waals surface area (Å²) in [5.74, 6) is 0.165. The van der Waals surface area contributed by atoms with Gasteiger partial charge in [0.05, 0.1) is 12.2 Å². The SMILES string of the molecule is Nc1ncc2c(n1)CN(S(=O)(=O)C=Cc1ccccc1)CC2. The molecule has 0 amide bonds. The van der Waals surface area contributed by atoms with Gasteiger partial charge in [0, 0.05) is 18.1 Å².